The Bertz CT molecular complexity index is 579. The Kier molecular flexibility index (Phi) is 3.79. The van der Waals surface area contributed by atoms with Gasteiger partial charge in [0.25, 0.3) is 5.78 Å². The Hall–Kier alpha value is -1.73. The quantitative estimate of drug-likeness (QED) is 0.800. The molecule has 0 spiro atoms. The first kappa shape index (κ1) is 13.3. The zero-order valence-corrected chi connectivity index (χ0v) is 11.8. The molecule has 7 nitrogen and oxygen atoms in total. The molecule has 0 radical (unpaired) electrons. The molecule has 0 unspecified atom stereocenters. The van der Waals surface area contributed by atoms with Crippen LogP contribution in [0.15, 0.2) is 12.4 Å². The van der Waals surface area contributed by atoms with E-state index in [9.17, 15) is 0 Å². The first-order chi connectivity index (χ1) is 9.79. The summed E-state index contributed by atoms with van der Waals surface area (Å²) in [6.45, 7) is 4.97. The number of hydrogen-bond donors (Lipinski definition) is 0. The Morgan fingerprint density at radius 3 is 3.20 bits per heavy atom. The normalized spacial score (nSPS) is 18.8. The zero-order chi connectivity index (χ0) is 13.9. The third-order valence-electron chi connectivity index (χ3n) is 3.54. The summed E-state index contributed by atoms with van der Waals surface area (Å²) >= 11 is 0. The van der Waals surface area contributed by atoms with Crippen LogP contribution < -0.4 is 4.90 Å². The lowest BCUT2D eigenvalue weighted by Gasteiger charge is -2.30. The van der Waals surface area contributed by atoms with E-state index < -0.39 is 0 Å². The molecule has 2 aromatic heterocycles. The molecule has 7 heteroatoms. The van der Waals surface area contributed by atoms with Crippen molar-refractivity contribution in [3.8, 4) is 0 Å². The van der Waals surface area contributed by atoms with Crippen molar-refractivity contribution >= 4 is 11.6 Å². The second kappa shape index (κ2) is 5.72. The van der Waals surface area contributed by atoms with Crippen molar-refractivity contribution in [2.45, 2.75) is 19.4 Å². The van der Waals surface area contributed by atoms with Gasteiger partial charge in [-0.1, -0.05) is 0 Å². The highest BCUT2D eigenvalue weighted by Gasteiger charge is 2.25. The Morgan fingerprint density at radius 1 is 1.55 bits per heavy atom. The monoisotopic (exact) mass is 277 g/mol. The second-order valence-corrected chi connectivity index (χ2v) is 4.93. The number of anilines is 1. The minimum absolute atomic E-state index is 0.347. The molecule has 0 amide bonds. The van der Waals surface area contributed by atoms with Crippen LogP contribution in [0.5, 0.6) is 0 Å². The average Bonchev–Trinajstić information content (AvgIpc) is 3.09. The maximum Gasteiger partial charge on any atom is 0.254 e. The van der Waals surface area contributed by atoms with E-state index >= 15 is 0 Å². The van der Waals surface area contributed by atoms with E-state index in [1.807, 2.05) is 13.0 Å². The molecule has 3 heterocycles. The van der Waals surface area contributed by atoms with Gasteiger partial charge in [-0.15, -0.1) is 0 Å². The molecular formula is C13H19N5O2. The maximum absolute atomic E-state index is 5.52. The second-order valence-electron chi connectivity index (χ2n) is 4.93. The summed E-state index contributed by atoms with van der Waals surface area (Å²) < 4.78 is 12.5. The third-order valence-corrected chi connectivity index (χ3v) is 3.54. The number of aromatic nitrogens is 4. The molecule has 0 aliphatic carbocycles. The van der Waals surface area contributed by atoms with Crippen LogP contribution >= 0.6 is 0 Å². The van der Waals surface area contributed by atoms with Crippen molar-refractivity contribution in [1.29, 1.82) is 0 Å². The number of fused-ring (bicyclic) bond motifs is 1. The van der Waals surface area contributed by atoms with Gasteiger partial charge >= 0.3 is 0 Å². The maximum atomic E-state index is 5.52. The van der Waals surface area contributed by atoms with Crippen LogP contribution in [0.25, 0.3) is 5.78 Å². The highest BCUT2D eigenvalue weighted by molar-refractivity contribution is 5.48. The van der Waals surface area contributed by atoms with Crippen molar-refractivity contribution in [1.82, 2.24) is 19.6 Å². The molecule has 108 valence electrons. The molecule has 1 fully saturated rings. The van der Waals surface area contributed by atoms with Crippen LogP contribution in [0.4, 0.5) is 5.82 Å². The van der Waals surface area contributed by atoms with Gasteiger partial charge in [0.05, 0.1) is 19.3 Å². The van der Waals surface area contributed by atoms with E-state index in [2.05, 4.69) is 20.0 Å². The Balaban J connectivity index is 2.00. The molecule has 2 aromatic rings. The standard InChI is InChI=1S/C13H19N5O2/c1-10-7-12(18-13(16-10)14-9-15-18)17(4-6-19-2)11-3-5-20-8-11/h7,9,11H,3-6,8H2,1-2H3/t11-/m0/s1. The summed E-state index contributed by atoms with van der Waals surface area (Å²) in [5.74, 6) is 1.62. The molecular weight excluding hydrogens is 258 g/mol. The van der Waals surface area contributed by atoms with Gasteiger partial charge in [0.1, 0.15) is 12.1 Å². The minimum Gasteiger partial charge on any atom is -0.383 e. The topological polar surface area (TPSA) is 64.8 Å². The molecule has 1 aliphatic heterocycles. The highest BCUT2D eigenvalue weighted by Crippen LogP contribution is 2.22. The lowest BCUT2D eigenvalue weighted by Crippen LogP contribution is -2.39. The van der Waals surface area contributed by atoms with Crippen molar-refractivity contribution in [3.05, 3.63) is 18.1 Å². The number of nitrogens with zero attached hydrogens (tertiary/aromatic N) is 5. The summed E-state index contributed by atoms with van der Waals surface area (Å²) in [7, 11) is 1.71. The van der Waals surface area contributed by atoms with Gasteiger partial charge in [-0.2, -0.15) is 14.6 Å². The van der Waals surface area contributed by atoms with Gasteiger partial charge in [-0.3, -0.25) is 0 Å². The molecule has 0 aromatic carbocycles. The highest BCUT2D eigenvalue weighted by atomic mass is 16.5. The predicted octanol–water partition coefficient (Wildman–Crippen LogP) is 0.674. The van der Waals surface area contributed by atoms with Gasteiger partial charge in [0, 0.05) is 32.0 Å². The van der Waals surface area contributed by atoms with Crippen LogP contribution in [-0.4, -0.2) is 59.1 Å². The van der Waals surface area contributed by atoms with Crippen molar-refractivity contribution in [2.75, 3.05) is 38.4 Å². The van der Waals surface area contributed by atoms with E-state index in [4.69, 9.17) is 9.47 Å². The van der Waals surface area contributed by atoms with Crippen LogP contribution in [0.3, 0.4) is 0 Å². The fourth-order valence-corrected chi connectivity index (χ4v) is 2.56. The summed E-state index contributed by atoms with van der Waals surface area (Å²) in [6, 6.07) is 2.38. The largest absolute Gasteiger partial charge is 0.383 e. The summed E-state index contributed by atoms with van der Waals surface area (Å²) in [6.07, 6.45) is 2.55. The number of rotatable bonds is 5. The van der Waals surface area contributed by atoms with E-state index in [0.717, 1.165) is 37.7 Å². The fraction of sp³-hybridized carbons (Fsp3) is 0.615. The summed E-state index contributed by atoms with van der Waals surface area (Å²) in [5.41, 5.74) is 0.932. The number of aryl methyl sites for hydroxylation is 1. The molecule has 20 heavy (non-hydrogen) atoms. The summed E-state index contributed by atoms with van der Waals surface area (Å²) in [4.78, 5) is 10.9. The lowest BCUT2D eigenvalue weighted by molar-refractivity contribution is 0.186. The first-order valence-electron chi connectivity index (χ1n) is 6.80. The number of hydrogen-bond acceptors (Lipinski definition) is 6. The third kappa shape index (κ3) is 2.46. The average molecular weight is 277 g/mol. The molecule has 1 atom stereocenters. The molecule has 1 aliphatic rings. The Labute approximate surface area is 117 Å². The fourth-order valence-electron chi connectivity index (χ4n) is 2.56. The van der Waals surface area contributed by atoms with E-state index in [-0.39, 0.29) is 0 Å². The van der Waals surface area contributed by atoms with Gasteiger partial charge in [0.15, 0.2) is 0 Å². The molecule has 0 N–H and O–H groups in total. The molecule has 0 saturated carbocycles. The van der Waals surface area contributed by atoms with Gasteiger partial charge in [-0.05, 0) is 13.3 Å². The van der Waals surface area contributed by atoms with E-state index in [1.165, 1.54) is 6.33 Å². The Morgan fingerprint density at radius 2 is 2.45 bits per heavy atom. The van der Waals surface area contributed by atoms with Crippen LogP contribution in [0.2, 0.25) is 0 Å². The van der Waals surface area contributed by atoms with Crippen molar-refractivity contribution < 1.29 is 9.47 Å². The summed E-state index contributed by atoms with van der Waals surface area (Å²) in [5, 5.41) is 4.28. The first-order valence-corrected chi connectivity index (χ1v) is 6.80. The predicted molar refractivity (Wildman–Crippen MR) is 74.0 cm³/mol. The lowest BCUT2D eigenvalue weighted by atomic mass is 10.2. The van der Waals surface area contributed by atoms with E-state index in [1.54, 1.807) is 11.6 Å². The molecule has 3 rings (SSSR count). The zero-order valence-electron chi connectivity index (χ0n) is 11.8. The van der Waals surface area contributed by atoms with Crippen LogP contribution in [0, 0.1) is 6.92 Å². The molecule has 0 bridgehead atoms. The number of methoxy groups -OCH3 is 1. The number of ether oxygens (including phenoxy) is 2. The van der Waals surface area contributed by atoms with Crippen LogP contribution in [0.1, 0.15) is 12.1 Å². The molecule has 1 saturated heterocycles. The van der Waals surface area contributed by atoms with E-state index in [0.29, 0.717) is 18.4 Å². The van der Waals surface area contributed by atoms with Gasteiger partial charge < -0.3 is 14.4 Å². The smallest absolute Gasteiger partial charge is 0.254 e. The van der Waals surface area contributed by atoms with Crippen molar-refractivity contribution in [2.24, 2.45) is 0 Å². The van der Waals surface area contributed by atoms with Gasteiger partial charge in [-0.25, -0.2) is 4.98 Å². The van der Waals surface area contributed by atoms with Crippen molar-refractivity contribution in [3.63, 3.8) is 0 Å². The van der Waals surface area contributed by atoms with Crippen LogP contribution in [-0.2, 0) is 9.47 Å². The SMILES string of the molecule is COCCN(c1cc(C)nc2ncnn12)[C@H]1CCOC1. The van der Waals surface area contributed by atoms with Gasteiger partial charge in [0.2, 0.25) is 0 Å². The minimum atomic E-state index is 0.347.